The second kappa shape index (κ2) is 4.96. The Kier molecular flexibility index (Phi) is 3.57. The van der Waals surface area contributed by atoms with Gasteiger partial charge >= 0.3 is 0 Å². The zero-order chi connectivity index (χ0) is 12.4. The zero-order valence-corrected chi connectivity index (χ0v) is 10.6. The Balaban J connectivity index is 2.25. The molecule has 1 fully saturated rings. The lowest BCUT2D eigenvalue weighted by Crippen LogP contribution is -2.35. The van der Waals surface area contributed by atoms with Gasteiger partial charge in [0.25, 0.3) is 5.91 Å². The maximum atomic E-state index is 12.3. The third-order valence-corrected chi connectivity index (χ3v) is 3.28. The standard InChI is InChI=1S/C13H16ClNO2/c1-9-11(3-2-4-12(9)16)13(17)15(8-7-14)10-5-6-10/h2-4,10,16H,5-8H2,1H3. The quantitative estimate of drug-likeness (QED) is 0.838. The minimum atomic E-state index is -0.0263. The van der Waals surface area contributed by atoms with Crippen LogP contribution in [0.5, 0.6) is 5.75 Å². The van der Waals surface area contributed by atoms with Crippen LogP contribution in [0.2, 0.25) is 0 Å². The van der Waals surface area contributed by atoms with Crippen LogP contribution in [0.3, 0.4) is 0 Å². The number of phenols is 1. The molecular weight excluding hydrogens is 238 g/mol. The number of carbonyl (C=O) groups is 1. The summed E-state index contributed by atoms with van der Waals surface area (Å²) in [6.45, 7) is 2.33. The Labute approximate surface area is 106 Å². The first kappa shape index (κ1) is 12.2. The molecule has 0 heterocycles. The average Bonchev–Trinajstić information content (AvgIpc) is 3.13. The Bertz CT molecular complexity index is 429. The molecule has 1 aromatic rings. The van der Waals surface area contributed by atoms with Crippen molar-refractivity contribution in [1.82, 2.24) is 4.90 Å². The Morgan fingerprint density at radius 2 is 2.24 bits per heavy atom. The molecular formula is C13H16ClNO2. The third-order valence-electron chi connectivity index (χ3n) is 3.11. The maximum Gasteiger partial charge on any atom is 0.254 e. The number of halogens is 1. The average molecular weight is 254 g/mol. The van der Waals surface area contributed by atoms with Crippen LogP contribution >= 0.6 is 11.6 Å². The second-order valence-electron chi connectivity index (χ2n) is 4.37. The van der Waals surface area contributed by atoms with Crippen molar-refractivity contribution in [2.75, 3.05) is 12.4 Å². The third kappa shape index (κ3) is 2.55. The van der Waals surface area contributed by atoms with E-state index >= 15 is 0 Å². The molecule has 1 aromatic carbocycles. The number of aromatic hydroxyl groups is 1. The van der Waals surface area contributed by atoms with Gasteiger partial charge in [-0.25, -0.2) is 0 Å². The van der Waals surface area contributed by atoms with Crippen molar-refractivity contribution in [2.45, 2.75) is 25.8 Å². The minimum Gasteiger partial charge on any atom is -0.508 e. The van der Waals surface area contributed by atoms with Gasteiger partial charge in [0.2, 0.25) is 0 Å². The fourth-order valence-corrected chi connectivity index (χ4v) is 2.12. The molecule has 1 aliphatic rings. The molecule has 0 aromatic heterocycles. The molecule has 17 heavy (non-hydrogen) atoms. The molecule has 1 amide bonds. The highest BCUT2D eigenvalue weighted by Crippen LogP contribution is 2.29. The molecule has 0 radical (unpaired) electrons. The van der Waals surface area contributed by atoms with Crippen LogP contribution in [0.4, 0.5) is 0 Å². The summed E-state index contributed by atoms with van der Waals surface area (Å²) >= 11 is 5.73. The fourth-order valence-electron chi connectivity index (χ4n) is 1.94. The molecule has 0 saturated heterocycles. The van der Waals surface area contributed by atoms with Gasteiger partial charge in [-0.2, -0.15) is 0 Å². The Morgan fingerprint density at radius 3 is 2.82 bits per heavy atom. The predicted octanol–water partition coefficient (Wildman–Crippen LogP) is 2.54. The van der Waals surface area contributed by atoms with Gasteiger partial charge in [0, 0.05) is 29.6 Å². The molecule has 0 atom stereocenters. The lowest BCUT2D eigenvalue weighted by Gasteiger charge is -2.22. The van der Waals surface area contributed by atoms with Gasteiger partial charge < -0.3 is 10.0 Å². The van der Waals surface area contributed by atoms with Gasteiger partial charge in [-0.1, -0.05) is 6.07 Å². The summed E-state index contributed by atoms with van der Waals surface area (Å²) in [6, 6.07) is 5.38. The van der Waals surface area contributed by atoms with Crippen molar-refractivity contribution in [1.29, 1.82) is 0 Å². The van der Waals surface area contributed by atoms with Gasteiger partial charge in [-0.15, -0.1) is 11.6 Å². The van der Waals surface area contributed by atoms with E-state index in [0.717, 1.165) is 12.8 Å². The number of rotatable bonds is 4. The summed E-state index contributed by atoms with van der Waals surface area (Å²) < 4.78 is 0. The Hall–Kier alpha value is -1.22. The molecule has 4 heteroatoms. The summed E-state index contributed by atoms with van der Waals surface area (Å²) in [6.07, 6.45) is 2.11. The highest BCUT2D eigenvalue weighted by molar-refractivity contribution is 6.18. The fraction of sp³-hybridized carbons (Fsp3) is 0.462. The van der Waals surface area contributed by atoms with Gasteiger partial charge in [-0.3, -0.25) is 4.79 Å². The maximum absolute atomic E-state index is 12.3. The van der Waals surface area contributed by atoms with Crippen molar-refractivity contribution in [2.24, 2.45) is 0 Å². The summed E-state index contributed by atoms with van der Waals surface area (Å²) in [4.78, 5) is 14.2. The van der Waals surface area contributed by atoms with Gasteiger partial charge in [0.05, 0.1) is 0 Å². The van der Waals surface area contributed by atoms with Gasteiger partial charge in [0.1, 0.15) is 5.75 Å². The number of nitrogens with zero attached hydrogens (tertiary/aromatic N) is 1. The number of hydrogen-bond acceptors (Lipinski definition) is 2. The van der Waals surface area contributed by atoms with Gasteiger partial charge in [0.15, 0.2) is 0 Å². The highest BCUT2D eigenvalue weighted by atomic mass is 35.5. The summed E-state index contributed by atoms with van der Waals surface area (Å²) in [7, 11) is 0. The van der Waals surface area contributed by atoms with E-state index in [-0.39, 0.29) is 11.7 Å². The summed E-state index contributed by atoms with van der Waals surface area (Å²) in [5.41, 5.74) is 1.21. The first-order chi connectivity index (χ1) is 8.15. The van der Waals surface area contributed by atoms with E-state index in [0.29, 0.717) is 29.6 Å². The summed E-state index contributed by atoms with van der Waals surface area (Å²) in [5.74, 6) is 0.583. The first-order valence-corrected chi connectivity index (χ1v) is 6.34. The molecule has 0 bridgehead atoms. The molecule has 3 nitrogen and oxygen atoms in total. The molecule has 0 aliphatic heterocycles. The number of phenolic OH excluding ortho intramolecular Hbond substituents is 1. The van der Waals surface area contributed by atoms with Crippen LogP contribution in [0.1, 0.15) is 28.8 Å². The largest absolute Gasteiger partial charge is 0.508 e. The van der Waals surface area contributed by atoms with E-state index in [1.54, 1.807) is 25.1 Å². The number of benzene rings is 1. The van der Waals surface area contributed by atoms with Crippen LogP contribution in [0, 0.1) is 6.92 Å². The molecule has 1 saturated carbocycles. The number of alkyl halides is 1. The van der Waals surface area contributed by atoms with E-state index in [9.17, 15) is 9.90 Å². The van der Waals surface area contributed by atoms with E-state index < -0.39 is 0 Å². The predicted molar refractivity (Wildman–Crippen MR) is 67.6 cm³/mol. The first-order valence-electron chi connectivity index (χ1n) is 5.80. The van der Waals surface area contributed by atoms with Gasteiger partial charge in [-0.05, 0) is 31.9 Å². The SMILES string of the molecule is Cc1c(O)cccc1C(=O)N(CCCl)C1CC1. The minimum absolute atomic E-state index is 0.0263. The second-order valence-corrected chi connectivity index (χ2v) is 4.75. The normalized spacial score (nSPS) is 14.7. The molecule has 0 spiro atoms. The molecule has 1 N–H and O–H groups in total. The van der Waals surface area contributed by atoms with Crippen LogP contribution in [-0.2, 0) is 0 Å². The smallest absolute Gasteiger partial charge is 0.254 e. The van der Waals surface area contributed by atoms with Crippen LogP contribution in [-0.4, -0.2) is 34.4 Å². The number of amides is 1. The highest BCUT2D eigenvalue weighted by Gasteiger charge is 2.33. The molecule has 1 aliphatic carbocycles. The van der Waals surface area contributed by atoms with Crippen molar-refractivity contribution >= 4 is 17.5 Å². The summed E-state index contributed by atoms with van der Waals surface area (Å²) in [5, 5.41) is 9.62. The lowest BCUT2D eigenvalue weighted by atomic mass is 10.1. The zero-order valence-electron chi connectivity index (χ0n) is 9.82. The van der Waals surface area contributed by atoms with Crippen molar-refractivity contribution in [3.63, 3.8) is 0 Å². The van der Waals surface area contributed by atoms with E-state index in [1.165, 1.54) is 0 Å². The van der Waals surface area contributed by atoms with Crippen molar-refractivity contribution < 1.29 is 9.90 Å². The molecule has 92 valence electrons. The van der Waals surface area contributed by atoms with Crippen molar-refractivity contribution in [3.05, 3.63) is 29.3 Å². The van der Waals surface area contributed by atoms with Crippen LogP contribution in [0.25, 0.3) is 0 Å². The van der Waals surface area contributed by atoms with E-state index in [2.05, 4.69) is 0 Å². The van der Waals surface area contributed by atoms with E-state index in [1.807, 2.05) is 4.90 Å². The lowest BCUT2D eigenvalue weighted by molar-refractivity contribution is 0.0752. The number of hydrogen-bond donors (Lipinski definition) is 1. The van der Waals surface area contributed by atoms with Crippen LogP contribution < -0.4 is 0 Å². The van der Waals surface area contributed by atoms with Crippen molar-refractivity contribution in [3.8, 4) is 5.75 Å². The van der Waals surface area contributed by atoms with Crippen LogP contribution in [0.15, 0.2) is 18.2 Å². The number of carbonyl (C=O) groups excluding carboxylic acids is 1. The molecule has 0 unspecified atom stereocenters. The topological polar surface area (TPSA) is 40.5 Å². The van der Waals surface area contributed by atoms with E-state index in [4.69, 9.17) is 11.6 Å². The molecule has 2 rings (SSSR count). The monoisotopic (exact) mass is 253 g/mol. The Morgan fingerprint density at radius 1 is 1.53 bits per heavy atom.